The topological polar surface area (TPSA) is 18.5 Å². The van der Waals surface area contributed by atoms with Crippen LogP contribution in [0.1, 0.15) is 18.4 Å². The van der Waals surface area contributed by atoms with Crippen molar-refractivity contribution in [1.29, 1.82) is 0 Å². The SMILES string of the molecule is Fc1ccc(COCC2CCCO2)cc1Br. The summed E-state index contributed by atoms with van der Waals surface area (Å²) in [7, 11) is 0. The highest BCUT2D eigenvalue weighted by Gasteiger charge is 2.15. The zero-order chi connectivity index (χ0) is 11.4. The summed E-state index contributed by atoms with van der Waals surface area (Å²) in [4.78, 5) is 0. The van der Waals surface area contributed by atoms with Gasteiger partial charge >= 0.3 is 0 Å². The van der Waals surface area contributed by atoms with E-state index < -0.39 is 0 Å². The second-order valence-corrected chi connectivity index (χ2v) is 4.75. The molecule has 0 bridgehead atoms. The Morgan fingerprint density at radius 1 is 1.50 bits per heavy atom. The van der Waals surface area contributed by atoms with Crippen molar-refractivity contribution in [2.45, 2.75) is 25.6 Å². The second kappa shape index (κ2) is 5.75. The van der Waals surface area contributed by atoms with E-state index in [1.54, 1.807) is 12.1 Å². The Kier molecular flexibility index (Phi) is 4.32. The van der Waals surface area contributed by atoms with Crippen LogP contribution >= 0.6 is 15.9 Å². The van der Waals surface area contributed by atoms with Crippen molar-refractivity contribution in [3.8, 4) is 0 Å². The zero-order valence-electron chi connectivity index (χ0n) is 8.92. The van der Waals surface area contributed by atoms with Crippen molar-refractivity contribution < 1.29 is 13.9 Å². The summed E-state index contributed by atoms with van der Waals surface area (Å²) in [5.41, 5.74) is 0.964. The molecule has 0 N–H and O–H groups in total. The predicted molar refractivity (Wildman–Crippen MR) is 62.7 cm³/mol. The molecule has 1 aliphatic rings. The molecule has 2 nitrogen and oxygen atoms in total. The van der Waals surface area contributed by atoms with Gasteiger partial charge in [0, 0.05) is 6.61 Å². The third-order valence-electron chi connectivity index (χ3n) is 2.58. The van der Waals surface area contributed by atoms with E-state index in [0.29, 0.717) is 17.7 Å². The molecule has 1 saturated heterocycles. The first kappa shape index (κ1) is 12.0. The van der Waals surface area contributed by atoms with Crippen LogP contribution in [0.3, 0.4) is 0 Å². The summed E-state index contributed by atoms with van der Waals surface area (Å²) >= 11 is 3.15. The van der Waals surface area contributed by atoms with E-state index >= 15 is 0 Å². The van der Waals surface area contributed by atoms with E-state index in [2.05, 4.69) is 15.9 Å². The van der Waals surface area contributed by atoms with Crippen molar-refractivity contribution in [3.05, 3.63) is 34.1 Å². The van der Waals surface area contributed by atoms with Crippen LogP contribution in [0.25, 0.3) is 0 Å². The van der Waals surface area contributed by atoms with Crippen LogP contribution in [-0.2, 0) is 16.1 Å². The predicted octanol–water partition coefficient (Wildman–Crippen LogP) is 3.28. The van der Waals surface area contributed by atoms with Crippen LogP contribution in [0.5, 0.6) is 0 Å². The van der Waals surface area contributed by atoms with E-state index in [4.69, 9.17) is 9.47 Å². The van der Waals surface area contributed by atoms with Crippen molar-refractivity contribution in [1.82, 2.24) is 0 Å². The van der Waals surface area contributed by atoms with Gasteiger partial charge in [0.05, 0.1) is 23.8 Å². The normalized spacial score (nSPS) is 20.2. The third kappa shape index (κ3) is 3.27. The van der Waals surface area contributed by atoms with E-state index in [0.717, 1.165) is 25.0 Å². The minimum absolute atomic E-state index is 0.240. The minimum Gasteiger partial charge on any atom is -0.376 e. The fourth-order valence-corrected chi connectivity index (χ4v) is 2.14. The Bertz CT molecular complexity index is 351. The first-order valence-electron chi connectivity index (χ1n) is 5.39. The lowest BCUT2D eigenvalue weighted by Crippen LogP contribution is -2.13. The van der Waals surface area contributed by atoms with Crippen LogP contribution < -0.4 is 0 Å². The molecule has 1 aromatic rings. The monoisotopic (exact) mass is 288 g/mol. The van der Waals surface area contributed by atoms with E-state index in [1.165, 1.54) is 6.07 Å². The average Bonchev–Trinajstić information content (AvgIpc) is 2.76. The lowest BCUT2D eigenvalue weighted by atomic mass is 10.2. The Hall–Kier alpha value is -0.450. The van der Waals surface area contributed by atoms with E-state index in [9.17, 15) is 4.39 Å². The molecular weight excluding hydrogens is 275 g/mol. The average molecular weight is 289 g/mol. The van der Waals surface area contributed by atoms with Crippen LogP contribution in [-0.4, -0.2) is 19.3 Å². The number of halogens is 2. The van der Waals surface area contributed by atoms with Crippen LogP contribution in [0.4, 0.5) is 4.39 Å². The van der Waals surface area contributed by atoms with Crippen LogP contribution in [0, 0.1) is 5.82 Å². The van der Waals surface area contributed by atoms with Gasteiger partial charge in [0.2, 0.25) is 0 Å². The van der Waals surface area contributed by atoms with Gasteiger partial charge in [-0.1, -0.05) is 6.07 Å². The maximum Gasteiger partial charge on any atom is 0.137 e. The second-order valence-electron chi connectivity index (χ2n) is 3.90. The first-order valence-corrected chi connectivity index (χ1v) is 6.18. The number of rotatable bonds is 4. The maximum atomic E-state index is 13.0. The molecule has 4 heteroatoms. The van der Waals surface area contributed by atoms with Gasteiger partial charge in [0.25, 0.3) is 0 Å². The van der Waals surface area contributed by atoms with Gasteiger partial charge in [0.1, 0.15) is 5.82 Å². The van der Waals surface area contributed by atoms with Crippen LogP contribution in [0.2, 0.25) is 0 Å². The first-order chi connectivity index (χ1) is 7.75. The van der Waals surface area contributed by atoms with Gasteiger partial charge in [-0.2, -0.15) is 0 Å². The Morgan fingerprint density at radius 3 is 3.06 bits per heavy atom. The van der Waals surface area contributed by atoms with Gasteiger partial charge in [0.15, 0.2) is 0 Å². The summed E-state index contributed by atoms with van der Waals surface area (Å²) < 4.78 is 24.4. The molecule has 2 rings (SSSR count). The van der Waals surface area contributed by atoms with E-state index in [1.807, 2.05) is 0 Å². The van der Waals surface area contributed by atoms with Gasteiger partial charge in [-0.05, 0) is 46.5 Å². The highest BCUT2D eigenvalue weighted by Crippen LogP contribution is 2.18. The molecule has 0 aliphatic carbocycles. The summed E-state index contributed by atoms with van der Waals surface area (Å²) in [6.07, 6.45) is 2.44. The lowest BCUT2D eigenvalue weighted by Gasteiger charge is -2.10. The van der Waals surface area contributed by atoms with Gasteiger partial charge in [-0.25, -0.2) is 4.39 Å². The summed E-state index contributed by atoms with van der Waals surface area (Å²) in [5.74, 6) is -0.247. The quantitative estimate of drug-likeness (QED) is 0.847. The maximum absolute atomic E-state index is 13.0. The van der Waals surface area contributed by atoms with E-state index in [-0.39, 0.29) is 11.9 Å². The van der Waals surface area contributed by atoms with Crippen molar-refractivity contribution in [3.63, 3.8) is 0 Å². The van der Waals surface area contributed by atoms with Gasteiger partial charge < -0.3 is 9.47 Å². The molecule has 0 aromatic heterocycles. The molecule has 0 saturated carbocycles. The molecule has 1 aliphatic heterocycles. The summed E-state index contributed by atoms with van der Waals surface area (Å²) in [5, 5.41) is 0. The Labute approximate surface area is 103 Å². The molecule has 1 heterocycles. The Balaban J connectivity index is 1.78. The molecule has 1 unspecified atom stereocenters. The van der Waals surface area contributed by atoms with Crippen molar-refractivity contribution in [2.75, 3.05) is 13.2 Å². The molecule has 1 fully saturated rings. The van der Waals surface area contributed by atoms with Crippen molar-refractivity contribution >= 4 is 15.9 Å². The lowest BCUT2D eigenvalue weighted by molar-refractivity contribution is 0.0105. The Morgan fingerprint density at radius 2 is 2.38 bits per heavy atom. The molecule has 0 amide bonds. The standard InChI is InChI=1S/C12H14BrFO2/c13-11-6-9(3-4-12(11)14)7-15-8-10-2-1-5-16-10/h3-4,6,10H,1-2,5,7-8H2. The highest BCUT2D eigenvalue weighted by atomic mass is 79.9. The largest absolute Gasteiger partial charge is 0.376 e. The summed E-state index contributed by atoms with van der Waals surface area (Å²) in [6.45, 7) is 1.96. The number of ether oxygens (including phenoxy) is 2. The number of benzene rings is 1. The molecule has 0 radical (unpaired) electrons. The molecule has 16 heavy (non-hydrogen) atoms. The zero-order valence-corrected chi connectivity index (χ0v) is 10.5. The van der Waals surface area contributed by atoms with Gasteiger partial charge in [-0.15, -0.1) is 0 Å². The smallest absolute Gasteiger partial charge is 0.137 e. The fourth-order valence-electron chi connectivity index (χ4n) is 1.71. The number of hydrogen-bond donors (Lipinski definition) is 0. The molecular formula is C12H14BrFO2. The van der Waals surface area contributed by atoms with Crippen molar-refractivity contribution in [2.24, 2.45) is 0 Å². The summed E-state index contributed by atoms with van der Waals surface area (Å²) in [6, 6.07) is 4.91. The highest BCUT2D eigenvalue weighted by molar-refractivity contribution is 9.10. The minimum atomic E-state index is -0.247. The third-order valence-corrected chi connectivity index (χ3v) is 3.19. The van der Waals surface area contributed by atoms with Gasteiger partial charge in [-0.3, -0.25) is 0 Å². The molecule has 1 aromatic carbocycles. The molecule has 0 spiro atoms. The fraction of sp³-hybridized carbons (Fsp3) is 0.500. The van der Waals surface area contributed by atoms with Crippen LogP contribution in [0.15, 0.2) is 22.7 Å². The molecule has 88 valence electrons. The number of hydrogen-bond acceptors (Lipinski definition) is 2. The molecule has 1 atom stereocenters.